The molecule has 0 aromatic rings. The molecule has 20 nitrogen and oxygen atoms in total. The highest BCUT2D eigenvalue weighted by Gasteiger charge is 2.58. The monoisotopic (exact) mass is 782 g/mol. The zero-order chi connectivity index (χ0) is 41.3. The minimum absolute atomic E-state index is 0.300. The van der Waals surface area contributed by atoms with Crippen molar-refractivity contribution in [3.63, 3.8) is 0 Å². The predicted octanol–water partition coefficient (Wildman–Crippen LogP) is -1.18. The third kappa shape index (κ3) is 12.2. The Morgan fingerprint density at radius 1 is 0.741 bits per heavy atom. The summed E-state index contributed by atoms with van der Waals surface area (Å²) in [5, 5.41) is 74.8. The molecule has 3 fully saturated rings. The van der Waals surface area contributed by atoms with Crippen LogP contribution in [-0.2, 0) is 33.2 Å². The maximum Gasteiger partial charge on any atom is 0.408 e. The van der Waals surface area contributed by atoms with Crippen LogP contribution >= 0.6 is 0 Å². The Hall–Kier alpha value is -2.63. The van der Waals surface area contributed by atoms with Gasteiger partial charge < -0.3 is 85.5 Å². The van der Waals surface area contributed by atoms with E-state index in [9.17, 15) is 45.0 Å². The summed E-state index contributed by atoms with van der Waals surface area (Å²) >= 11 is 0. The van der Waals surface area contributed by atoms with E-state index in [-0.39, 0.29) is 6.42 Å². The summed E-state index contributed by atoms with van der Waals surface area (Å²) in [7, 11) is 0. The van der Waals surface area contributed by atoms with Gasteiger partial charge in [0, 0.05) is 6.04 Å². The van der Waals surface area contributed by atoms with Crippen molar-refractivity contribution in [2.24, 2.45) is 5.73 Å². The van der Waals surface area contributed by atoms with E-state index in [1.54, 1.807) is 62.3 Å². The molecule has 3 rings (SSSR count). The van der Waals surface area contributed by atoms with Gasteiger partial charge in [-0.3, -0.25) is 0 Å². The highest BCUT2D eigenvalue weighted by molar-refractivity contribution is 5.69. The van der Waals surface area contributed by atoms with E-state index in [0.717, 1.165) is 0 Å². The fourth-order valence-electron chi connectivity index (χ4n) is 6.29. The third-order valence-corrected chi connectivity index (χ3v) is 8.58. The lowest BCUT2D eigenvalue weighted by Crippen LogP contribution is -2.71. The highest BCUT2D eigenvalue weighted by atomic mass is 16.7. The zero-order valence-electron chi connectivity index (χ0n) is 32.8. The summed E-state index contributed by atoms with van der Waals surface area (Å²) in [6, 6.07) is -4.99. The number of alkyl carbamates (subject to hydrolysis) is 3. The Balaban J connectivity index is 2.15. The number of aliphatic hydroxyl groups excluding tert-OH is 5. The van der Waals surface area contributed by atoms with Gasteiger partial charge in [-0.1, -0.05) is 0 Å². The Morgan fingerprint density at radius 2 is 1.22 bits per heavy atom. The van der Waals surface area contributed by atoms with E-state index in [1.165, 1.54) is 13.8 Å². The van der Waals surface area contributed by atoms with Crippen molar-refractivity contribution >= 4 is 18.3 Å². The van der Waals surface area contributed by atoms with Gasteiger partial charge in [-0.2, -0.15) is 0 Å². The Kier molecular flexibility index (Phi) is 14.6. The molecule has 0 bridgehead atoms. The number of nitrogens with two attached hydrogens (primary N) is 1. The molecule has 0 aromatic heterocycles. The molecule has 314 valence electrons. The van der Waals surface area contributed by atoms with Crippen molar-refractivity contribution in [2.45, 2.75) is 191 Å². The molecule has 1 aliphatic carbocycles. The van der Waals surface area contributed by atoms with E-state index in [4.69, 9.17) is 38.9 Å². The van der Waals surface area contributed by atoms with Gasteiger partial charge in [-0.15, -0.1) is 0 Å². The fourth-order valence-corrected chi connectivity index (χ4v) is 6.29. The molecule has 20 heteroatoms. The second kappa shape index (κ2) is 17.2. The lowest BCUT2D eigenvalue weighted by atomic mass is 9.83. The van der Waals surface area contributed by atoms with Crippen LogP contribution in [-0.4, -0.2) is 164 Å². The van der Waals surface area contributed by atoms with Crippen molar-refractivity contribution in [3.8, 4) is 0 Å². The predicted molar refractivity (Wildman–Crippen MR) is 187 cm³/mol. The van der Waals surface area contributed by atoms with Crippen LogP contribution in [0.5, 0.6) is 0 Å². The summed E-state index contributed by atoms with van der Waals surface area (Å²) in [6.07, 6.45) is -19.7. The first-order chi connectivity index (χ1) is 24.5. The summed E-state index contributed by atoms with van der Waals surface area (Å²) in [4.78, 5) is 39.2. The summed E-state index contributed by atoms with van der Waals surface area (Å²) < 4.78 is 40.1. The Morgan fingerprint density at radius 3 is 1.67 bits per heavy atom. The van der Waals surface area contributed by atoms with E-state index >= 15 is 0 Å². The highest BCUT2D eigenvalue weighted by Crippen LogP contribution is 2.37. The van der Waals surface area contributed by atoms with Crippen molar-refractivity contribution in [1.29, 1.82) is 0 Å². The number of rotatable bonds is 9. The molecule has 3 amide bonds. The van der Waals surface area contributed by atoms with Gasteiger partial charge >= 0.3 is 18.3 Å². The first-order valence-electron chi connectivity index (χ1n) is 18.0. The first kappa shape index (κ1) is 45.8. The number of hydrogen-bond donors (Lipinski definition) is 10. The maximum absolute atomic E-state index is 13.3. The van der Waals surface area contributed by atoms with Crippen LogP contribution in [0, 0.1) is 0 Å². The molecule has 1 saturated carbocycles. The molecule has 0 spiro atoms. The number of carbonyl (C=O) groups excluding carboxylic acids is 3. The molecule has 0 radical (unpaired) electrons. The number of ether oxygens (including phenoxy) is 7. The molecular formula is C34H62N4O16. The largest absolute Gasteiger partial charge is 0.444 e. The van der Waals surface area contributed by atoms with Crippen LogP contribution in [0.1, 0.15) is 82.6 Å². The zero-order valence-corrected chi connectivity index (χ0v) is 32.8. The molecule has 15 atom stereocenters. The van der Waals surface area contributed by atoms with Gasteiger partial charge in [0.05, 0.1) is 18.2 Å². The lowest BCUT2D eigenvalue weighted by molar-refractivity contribution is -0.336. The first-order valence-corrected chi connectivity index (χ1v) is 18.0. The standard InChI is InChI=1S/C34H62N4O16/c1-14(35)22-26(43)34(47,13-48-22)51-25-19(40)16(36-28(44)52-31(3,4)5)12-17(37-29(45)53-32(6,7)8)24(25)50-27-18(38-30(46)54-33(9,10)11)20(41)21(42)23(49-27)15(2)39/h14-27,39-43,47H,12-13,35H2,1-11H3,(H,36,44)(H,37,45)(H,38,46)/t14-,15+,16+,17?,18?,19?,20?,21-,22+,23?,24+,25?,26?,27+,34?/m0/s1. The average Bonchev–Trinajstić information content (AvgIpc) is 3.27. The third-order valence-electron chi connectivity index (χ3n) is 8.58. The molecule has 0 aromatic carbocycles. The van der Waals surface area contributed by atoms with E-state index in [2.05, 4.69) is 16.0 Å². The quantitative estimate of drug-likeness (QED) is 0.0973. The van der Waals surface area contributed by atoms with Gasteiger partial charge in [0.2, 0.25) is 5.79 Å². The number of hydrogen-bond acceptors (Lipinski definition) is 17. The van der Waals surface area contributed by atoms with Crippen LogP contribution in [0.2, 0.25) is 0 Å². The minimum Gasteiger partial charge on any atom is -0.444 e. The molecule has 2 aliphatic heterocycles. The Labute approximate surface area is 315 Å². The van der Waals surface area contributed by atoms with Crippen molar-refractivity contribution in [2.75, 3.05) is 6.61 Å². The number of amides is 3. The molecule has 11 N–H and O–H groups in total. The molecule has 3 aliphatic rings. The van der Waals surface area contributed by atoms with Gasteiger partial charge in [0.25, 0.3) is 0 Å². The maximum atomic E-state index is 13.3. The SMILES string of the molecule is C[C@H](N)[C@H]1OCC(O)(OC2C(O)[C@H](NC(=O)OC(C)(C)C)CC(NC(=O)OC(C)(C)C)[C@H]2O[C@H]2OC([C@@H](C)O)[C@@H](O)C(O)C2NC(=O)OC(C)(C)C)C1O. The van der Waals surface area contributed by atoms with Crippen LogP contribution in [0.4, 0.5) is 14.4 Å². The van der Waals surface area contributed by atoms with Crippen LogP contribution in [0.3, 0.4) is 0 Å². The molecule has 2 saturated heterocycles. The van der Waals surface area contributed by atoms with E-state index in [0.29, 0.717) is 0 Å². The van der Waals surface area contributed by atoms with E-state index in [1.807, 2.05) is 0 Å². The van der Waals surface area contributed by atoms with Crippen LogP contribution in [0.25, 0.3) is 0 Å². The normalized spacial score (nSPS) is 37.4. The number of carbonyl (C=O) groups is 3. The van der Waals surface area contributed by atoms with Gasteiger partial charge in [-0.05, 0) is 82.6 Å². The second-order valence-corrected chi connectivity index (χ2v) is 17.2. The lowest BCUT2D eigenvalue weighted by Gasteiger charge is -2.50. The molecule has 8 unspecified atom stereocenters. The smallest absolute Gasteiger partial charge is 0.408 e. The van der Waals surface area contributed by atoms with Crippen molar-refractivity contribution in [3.05, 3.63) is 0 Å². The number of aliphatic hydroxyl groups is 6. The molecule has 54 heavy (non-hydrogen) atoms. The van der Waals surface area contributed by atoms with Crippen molar-refractivity contribution in [1.82, 2.24) is 16.0 Å². The van der Waals surface area contributed by atoms with Crippen LogP contribution < -0.4 is 21.7 Å². The summed E-state index contributed by atoms with van der Waals surface area (Å²) in [6.45, 7) is 16.6. The minimum atomic E-state index is -2.55. The van der Waals surface area contributed by atoms with E-state index < -0.39 is 133 Å². The second-order valence-electron chi connectivity index (χ2n) is 17.2. The molecule has 2 heterocycles. The summed E-state index contributed by atoms with van der Waals surface area (Å²) in [5.41, 5.74) is 3.02. The van der Waals surface area contributed by atoms with Gasteiger partial charge in [-0.25, -0.2) is 14.4 Å². The average molecular weight is 783 g/mol. The molecular weight excluding hydrogens is 720 g/mol. The Bertz CT molecular complexity index is 1290. The topological polar surface area (TPSA) is 299 Å². The van der Waals surface area contributed by atoms with Gasteiger partial charge in [0.1, 0.15) is 78.3 Å². The van der Waals surface area contributed by atoms with Crippen LogP contribution in [0.15, 0.2) is 0 Å². The van der Waals surface area contributed by atoms with Crippen molar-refractivity contribution < 1.29 is 78.2 Å². The van der Waals surface area contributed by atoms with Gasteiger partial charge in [0.15, 0.2) is 6.29 Å². The number of nitrogens with one attached hydrogen (secondary N) is 3. The summed E-state index contributed by atoms with van der Waals surface area (Å²) in [5.74, 6) is -2.55. The fraction of sp³-hybridized carbons (Fsp3) is 0.912.